The van der Waals surface area contributed by atoms with Gasteiger partial charge < -0.3 is 19.8 Å². The summed E-state index contributed by atoms with van der Waals surface area (Å²) >= 11 is 1.61. The van der Waals surface area contributed by atoms with Crippen LogP contribution in [0.25, 0.3) is 0 Å². The van der Waals surface area contributed by atoms with Crippen molar-refractivity contribution < 1.29 is 19.5 Å². The minimum atomic E-state index is -0.787. The van der Waals surface area contributed by atoms with Crippen molar-refractivity contribution in [2.24, 2.45) is 11.8 Å². The number of nitrogens with zero attached hydrogens (tertiary/aromatic N) is 3. The van der Waals surface area contributed by atoms with Gasteiger partial charge in [0.25, 0.3) is 0 Å². The molecule has 4 aliphatic rings. The monoisotopic (exact) mass is 461 g/mol. The first-order chi connectivity index (χ1) is 15.0. The van der Waals surface area contributed by atoms with Gasteiger partial charge in [0.15, 0.2) is 0 Å². The maximum absolute atomic E-state index is 14.0. The molecule has 4 aliphatic heterocycles. The van der Waals surface area contributed by atoms with Crippen molar-refractivity contribution in [3.05, 3.63) is 24.3 Å². The number of amides is 3. The van der Waals surface area contributed by atoms with Crippen molar-refractivity contribution >= 4 is 29.5 Å². The highest BCUT2D eigenvalue weighted by Crippen LogP contribution is 2.65. The van der Waals surface area contributed by atoms with Gasteiger partial charge in [-0.25, -0.2) is 0 Å². The molecule has 0 saturated carbocycles. The zero-order chi connectivity index (χ0) is 23.5. The van der Waals surface area contributed by atoms with Crippen LogP contribution >= 0.6 is 11.8 Å². The van der Waals surface area contributed by atoms with Crippen LogP contribution in [0.2, 0.25) is 0 Å². The first kappa shape index (κ1) is 23.4. The van der Waals surface area contributed by atoms with E-state index in [0.29, 0.717) is 32.5 Å². The van der Waals surface area contributed by atoms with Crippen LogP contribution in [0.4, 0.5) is 0 Å². The lowest BCUT2D eigenvalue weighted by Crippen LogP contribution is -2.57. The maximum atomic E-state index is 14.0. The Morgan fingerprint density at radius 3 is 2.38 bits per heavy atom. The average molecular weight is 462 g/mol. The summed E-state index contributed by atoms with van der Waals surface area (Å²) in [7, 11) is 1.78. The van der Waals surface area contributed by atoms with Gasteiger partial charge in [-0.05, 0) is 40.5 Å². The zero-order valence-electron chi connectivity index (χ0n) is 19.7. The minimum absolute atomic E-state index is 0.0334. The van der Waals surface area contributed by atoms with Gasteiger partial charge in [0.2, 0.25) is 17.7 Å². The molecule has 176 valence electrons. The van der Waals surface area contributed by atoms with Crippen LogP contribution < -0.4 is 0 Å². The summed E-state index contributed by atoms with van der Waals surface area (Å²) in [6.45, 7) is 9.53. The minimum Gasteiger partial charge on any atom is -0.396 e. The van der Waals surface area contributed by atoms with Crippen LogP contribution in [0.5, 0.6) is 0 Å². The Hall–Kier alpha value is -1.80. The van der Waals surface area contributed by atoms with E-state index in [4.69, 9.17) is 0 Å². The van der Waals surface area contributed by atoms with Crippen molar-refractivity contribution in [3.8, 4) is 0 Å². The number of hydrogen-bond acceptors (Lipinski definition) is 5. The van der Waals surface area contributed by atoms with Crippen molar-refractivity contribution in [1.29, 1.82) is 0 Å². The van der Waals surface area contributed by atoms with Gasteiger partial charge in [0.1, 0.15) is 6.04 Å². The van der Waals surface area contributed by atoms with Crippen molar-refractivity contribution in [3.63, 3.8) is 0 Å². The normalized spacial score (nSPS) is 36.9. The van der Waals surface area contributed by atoms with Crippen LogP contribution in [0, 0.1) is 11.8 Å². The molecule has 0 radical (unpaired) electrons. The van der Waals surface area contributed by atoms with E-state index in [1.807, 2.05) is 44.7 Å². The molecule has 3 amide bonds. The molecule has 5 atom stereocenters. The molecule has 0 bridgehead atoms. The Bertz CT molecular complexity index is 881. The maximum Gasteiger partial charge on any atom is 0.247 e. The Labute approximate surface area is 194 Å². The smallest absolute Gasteiger partial charge is 0.247 e. The fourth-order valence-electron chi connectivity index (χ4n) is 5.88. The largest absolute Gasteiger partial charge is 0.396 e. The van der Waals surface area contributed by atoms with Crippen LogP contribution in [-0.2, 0) is 14.4 Å². The van der Waals surface area contributed by atoms with Crippen LogP contribution in [-0.4, -0.2) is 91.9 Å². The summed E-state index contributed by atoms with van der Waals surface area (Å²) in [4.78, 5) is 46.8. The summed E-state index contributed by atoms with van der Waals surface area (Å²) in [6.07, 6.45) is 9.34. The third kappa shape index (κ3) is 3.33. The number of thioether (sulfide) groups is 1. The van der Waals surface area contributed by atoms with E-state index < -0.39 is 32.9 Å². The van der Waals surface area contributed by atoms with Crippen molar-refractivity contribution in [2.45, 2.75) is 61.6 Å². The topological polar surface area (TPSA) is 81.2 Å². The lowest BCUT2D eigenvalue weighted by atomic mass is 9.74. The Balaban J connectivity index is 1.85. The molecule has 2 saturated heterocycles. The van der Waals surface area contributed by atoms with Gasteiger partial charge in [0, 0.05) is 43.6 Å². The standard InChI is InChI=1S/C24H35N3O4S/c1-22(2,3)27-14-9-11-24-17(16-19(29)25(5)12-8-10-23(16,4)32-24)20(30)26(13-6-7-15-28)18(24)21(27)31/h8-11,16-18,28H,6-7,12-15H2,1-5H3/t16-,17-,18?,23+,24-/m0/s1. The number of aliphatic hydroxyl groups is 1. The van der Waals surface area contributed by atoms with E-state index in [1.165, 1.54) is 0 Å². The second kappa shape index (κ2) is 7.90. The summed E-state index contributed by atoms with van der Waals surface area (Å²) in [5.41, 5.74) is -0.391. The van der Waals surface area contributed by atoms with Crippen LogP contribution in [0.15, 0.2) is 24.3 Å². The van der Waals surface area contributed by atoms with E-state index in [9.17, 15) is 19.5 Å². The van der Waals surface area contributed by atoms with Gasteiger partial charge in [0.05, 0.1) is 16.6 Å². The van der Waals surface area contributed by atoms with Crippen LogP contribution in [0.1, 0.15) is 40.5 Å². The number of unbranched alkanes of at least 4 members (excludes halogenated alkanes) is 1. The average Bonchev–Trinajstić information content (AvgIpc) is 2.96. The van der Waals surface area contributed by atoms with E-state index >= 15 is 0 Å². The fourth-order valence-corrected chi connectivity index (χ4v) is 8.04. The van der Waals surface area contributed by atoms with Gasteiger partial charge in [-0.2, -0.15) is 0 Å². The summed E-state index contributed by atoms with van der Waals surface area (Å²) in [5, 5.41) is 9.28. The van der Waals surface area contributed by atoms with Gasteiger partial charge in [-0.1, -0.05) is 24.3 Å². The Morgan fingerprint density at radius 2 is 1.72 bits per heavy atom. The molecule has 8 heteroatoms. The zero-order valence-corrected chi connectivity index (χ0v) is 20.5. The Morgan fingerprint density at radius 1 is 1.03 bits per heavy atom. The summed E-state index contributed by atoms with van der Waals surface area (Å²) in [5.74, 6) is -1.31. The molecule has 4 heterocycles. The first-order valence-corrected chi connectivity index (χ1v) is 12.3. The van der Waals surface area contributed by atoms with Gasteiger partial charge in [-0.3, -0.25) is 14.4 Å². The first-order valence-electron chi connectivity index (χ1n) is 11.5. The predicted molar refractivity (Wildman–Crippen MR) is 125 cm³/mol. The molecule has 2 fully saturated rings. The van der Waals surface area contributed by atoms with Crippen molar-refractivity contribution in [1.82, 2.24) is 14.7 Å². The molecule has 32 heavy (non-hydrogen) atoms. The number of hydrogen-bond donors (Lipinski definition) is 1. The van der Waals surface area contributed by atoms with Gasteiger partial charge in [-0.15, -0.1) is 11.8 Å². The molecule has 7 nitrogen and oxygen atoms in total. The number of aliphatic hydroxyl groups excluding tert-OH is 1. The predicted octanol–water partition coefficient (Wildman–Crippen LogP) is 1.67. The van der Waals surface area contributed by atoms with E-state index in [2.05, 4.69) is 12.2 Å². The third-order valence-electron chi connectivity index (χ3n) is 7.38. The summed E-state index contributed by atoms with van der Waals surface area (Å²) < 4.78 is -1.34. The lowest BCUT2D eigenvalue weighted by molar-refractivity contribution is -0.146. The highest BCUT2D eigenvalue weighted by Gasteiger charge is 2.73. The van der Waals surface area contributed by atoms with E-state index in [0.717, 1.165) is 0 Å². The lowest BCUT2D eigenvalue weighted by Gasteiger charge is -2.41. The van der Waals surface area contributed by atoms with Gasteiger partial charge >= 0.3 is 0 Å². The number of fused-ring (bicyclic) bond motifs is 2. The second-order valence-electron chi connectivity index (χ2n) is 10.6. The molecule has 1 N–H and O–H groups in total. The number of rotatable bonds is 4. The molecule has 1 spiro atoms. The number of carbonyl (C=O) groups excluding carboxylic acids is 3. The molecular formula is C24H35N3O4S. The highest BCUT2D eigenvalue weighted by molar-refractivity contribution is 8.02. The quantitative estimate of drug-likeness (QED) is 0.509. The second-order valence-corrected chi connectivity index (χ2v) is 12.4. The molecular weight excluding hydrogens is 426 g/mol. The van der Waals surface area contributed by atoms with Crippen LogP contribution in [0.3, 0.4) is 0 Å². The SMILES string of the molecule is CN1CC=C[C@@]2(C)S[C@]34C=CCN(C(C)(C)C)C(=O)C3N(CCCCO)C(=O)[C@@H]4[C@H]2C1=O. The number of likely N-dealkylation sites (N-methyl/N-ethyl adjacent to an activating group) is 1. The molecule has 0 aromatic heterocycles. The molecule has 4 rings (SSSR count). The highest BCUT2D eigenvalue weighted by atomic mass is 32.2. The third-order valence-corrected chi connectivity index (χ3v) is 9.17. The molecule has 0 aromatic carbocycles. The fraction of sp³-hybridized carbons (Fsp3) is 0.708. The van der Waals surface area contributed by atoms with E-state index in [-0.39, 0.29) is 24.3 Å². The molecule has 1 unspecified atom stereocenters. The molecule has 0 aliphatic carbocycles. The number of likely N-dealkylation sites (tertiary alicyclic amines) is 1. The Kier molecular flexibility index (Phi) is 5.77. The van der Waals surface area contributed by atoms with E-state index in [1.54, 1.807) is 28.6 Å². The van der Waals surface area contributed by atoms with Crippen molar-refractivity contribution in [2.75, 3.05) is 33.3 Å². The summed E-state index contributed by atoms with van der Waals surface area (Å²) in [6, 6.07) is -0.656. The number of carbonyl (C=O) groups is 3. The molecule has 0 aromatic rings.